The summed E-state index contributed by atoms with van der Waals surface area (Å²) < 4.78 is 11.2. The molecule has 2 rings (SSSR count). The number of cyclic esters (lactones) is 1. The molecule has 0 aliphatic carbocycles. The Morgan fingerprint density at radius 2 is 1.29 bits per heavy atom. The molecule has 7 heteroatoms. The normalized spacial score (nSPS) is 23.5. The van der Waals surface area contributed by atoms with E-state index in [1.807, 2.05) is 6.92 Å². The predicted molar refractivity (Wildman–Crippen MR) is 168 cm³/mol. The van der Waals surface area contributed by atoms with E-state index in [1.165, 1.54) is 38.5 Å². The molecule has 1 saturated heterocycles. The molecule has 0 spiro atoms. The molecular formula is C35H64O7. The zero-order chi connectivity index (χ0) is 30.6. The van der Waals surface area contributed by atoms with Gasteiger partial charge in [-0.15, -0.1) is 0 Å². The lowest BCUT2D eigenvalue weighted by atomic mass is 9.98. The molecule has 0 saturated carbocycles. The van der Waals surface area contributed by atoms with E-state index in [0.717, 1.165) is 77.0 Å². The van der Waals surface area contributed by atoms with Gasteiger partial charge in [-0.3, -0.25) is 0 Å². The summed E-state index contributed by atoms with van der Waals surface area (Å²) in [5.41, 5.74) is 0.605. The molecule has 42 heavy (non-hydrogen) atoms. The number of aliphatic hydroxyl groups excluding tert-OH is 4. The van der Waals surface area contributed by atoms with Crippen LogP contribution < -0.4 is 0 Å². The quantitative estimate of drug-likeness (QED) is 0.0624. The summed E-state index contributed by atoms with van der Waals surface area (Å²) in [6, 6.07) is 0. The number of esters is 1. The maximum Gasteiger partial charge on any atom is 0.334 e. The Morgan fingerprint density at radius 3 is 1.90 bits per heavy atom. The molecule has 1 fully saturated rings. The van der Waals surface area contributed by atoms with Gasteiger partial charge in [-0.05, 0) is 57.9 Å². The van der Waals surface area contributed by atoms with Crippen LogP contribution in [0, 0.1) is 0 Å². The minimum Gasteiger partial charge on any atom is -0.455 e. The number of rotatable bonds is 26. The highest BCUT2D eigenvalue weighted by atomic mass is 16.5. The number of ether oxygens (including phenoxy) is 2. The Bertz CT molecular complexity index is 726. The lowest BCUT2D eigenvalue weighted by Crippen LogP contribution is -2.27. The fourth-order valence-electron chi connectivity index (χ4n) is 6.41. The van der Waals surface area contributed by atoms with Gasteiger partial charge in [0, 0.05) is 12.0 Å². The fourth-order valence-corrected chi connectivity index (χ4v) is 6.41. The van der Waals surface area contributed by atoms with E-state index >= 15 is 0 Å². The first-order chi connectivity index (χ1) is 20.3. The van der Waals surface area contributed by atoms with E-state index in [2.05, 4.69) is 6.92 Å². The third kappa shape index (κ3) is 16.2. The molecule has 7 unspecified atom stereocenters. The maximum absolute atomic E-state index is 11.7. The second-order valence-corrected chi connectivity index (χ2v) is 13.1. The largest absolute Gasteiger partial charge is 0.455 e. The molecule has 0 aromatic rings. The smallest absolute Gasteiger partial charge is 0.334 e. The third-order valence-corrected chi connectivity index (χ3v) is 9.13. The number of aliphatic hydroxyl groups is 4. The molecule has 2 heterocycles. The Balaban J connectivity index is 1.41. The van der Waals surface area contributed by atoms with Crippen LogP contribution in [0.25, 0.3) is 0 Å². The highest BCUT2D eigenvalue weighted by Crippen LogP contribution is 2.28. The van der Waals surface area contributed by atoms with Crippen LogP contribution in [0.15, 0.2) is 11.6 Å². The molecule has 0 aromatic heterocycles. The number of hydrogen-bond donors (Lipinski definition) is 4. The van der Waals surface area contributed by atoms with E-state index in [4.69, 9.17) is 9.47 Å². The van der Waals surface area contributed by atoms with Crippen molar-refractivity contribution in [2.24, 2.45) is 0 Å². The lowest BCUT2D eigenvalue weighted by Gasteiger charge is -2.20. The summed E-state index contributed by atoms with van der Waals surface area (Å²) in [6.45, 7) is 4.06. The number of carbonyl (C=O) groups is 1. The zero-order valence-electron chi connectivity index (χ0n) is 26.9. The predicted octanol–water partition coefficient (Wildman–Crippen LogP) is 7.06. The first-order valence-corrected chi connectivity index (χ1v) is 17.6. The van der Waals surface area contributed by atoms with Crippen LogP contribution in [0.4, 0.5) is 0 Å². The van der Waals surface area contributed by atoms with Gasteiger partial charge in [-0.25, -0.2) is 4.79 Å². The molecule has 7 atom stereocenters. The molecule has 0 amide bonds. The molecule has 2 aliphatic rings. The SMILES string of the molecule is CCCCCCCCCCC(O)C(O)CCCCC(O)C1CCC(CCCCCCCC(O)CC2=CC(C)OC2=O)O1. The number of hydrogen-bond acceptors (Lipinski definition) is 7. The Labute approximate surface area is 256 Å². The van der Waals surface area contributed by atoms with Gasteiger partial charge in [-0.2, -0.15) is 0 Å². The van der Waals surface area contributed by atoms with Gasteiger partial charge < -0.3 is 29.9 Å². The zero-order valence-corrected chi connectivity index (χ0v) is 26.9. The minimum atomic E-state index is -0.664. The third-order valence-electron chi connectivity index (χ3n) is 9.13. The van der Waals surface area contributed by atoms with Gasteiger partial charge in [0.2, 0.25) is 0 Å². The van der Waals surface area contributed by atoms with Crippen molar-refractivity contribution in [1.29, 1.82) is 0 Å². The summed E-state index contributed by atoms with van der Waals surface area (Å²) in [6.07, 6.45) is 22.5. The van der Waals surface area contributed by atoms with Crippen molar-refractivity contribution in [3.63, 3.8) is 0 Å². The van der Waals surface area contributed by atoms with Crippen molar-refractivity contribution in [1.82, 2.24) is 0 Å². The van der Waals surface area contributed by atoms with Gasteiger partial charge in [0.05, 0.1) is 36.6 Å². The second-order valence-electron chi connectivity index (χ2n) is 13.1. The van der Waals surface area contributed by atoms with Crippen molar-refractivity contribution in [3.8, 4) is 0 Å². The van der Waals surface area contributed by atoms with Crippen LogP contribution in [0.2, 0.25) is 0 Å². The lowest BCUT2D eigenvalue weighted by molar-refractivity contribution is -0.139. The average molecular weight is 597 g/mol. The van der Waals surface area contributed by atoms with E-state index < -0.39 is 24.4 Å². The highest BCUT2D eigenvalue weighted by molar-refractivity contribution is 5.90. The van der Waals surface area contributed by atoms with Gasteiger partial charge in [0.1, 0.15) is 6.10 Å². The maximum atomic E-state index is 11.7. The highest BCUT2D eigenvalue weighted by Gasteiger charge is 2.30. The van der Waals surface area contributed by atoms with Crippen LogP contribution in [-0.4, -0.2) is 69.1 Å². The molecule has 0 aromatic carbocycles. The van der Waals surface area contributed by atoms with Crippen molar-refractivity contribution >= 4 is 5.97 Å². The van der Waals surface area contributed by atoms with Crippen LogP contribution in [0.3, 0.4) is 0 Å². The van der Waals surface area contributed by atoms with Gasteiger partial charge in [-0.1, -0.05) is 103 Å². The van der Waals surface area contributed by atoms with E-state index in [1.54, 1.807) is 6.08 Å². The van der Waals surface area contributed by atoms with Crippen molar-refractivity contribution in [3.05, 3.63) is 11.6 Å². The monoisotopic (exact) mass is 596 g/mol. The summed E-state index contributed by atoms with van der Waals surface area (Å²) in [7, 11) is 0. The van der Waals surface area contributed by atoms with Crippen LogP contribution in [0.5, 0.6) is 0 Å². The van der Waals surface area contributed by atoms with Crippen LogP contribution in [-0.2, 0) is 14.3 Å². The van der Waals surface area contributed by atoms with Gasteiger partial charge in [0.25, 0.3) is 0 Å². The van der Waals surface area contributed by atoms with Gasteiger partial charge in [0.15, 0.2) is 0 Å². The fraction of sp³-hybridized carbons (Fsp3) is 0.914. The van der Waals surface area contributed by atoms with Crippen molar-refractivity contribution in [2.75, 3.05) is 0 Å². The van der Waals surface area contributed by atoms with E-state index in [0.29, 0.717) is 37.7 Å². The number of unbranched alkanes of at least 4 members (excludes halogenated alkanes) is 12. The molecule has 4 N–H and O–H groups in total. The second kappa shape index (κ2) is 22.5. The Morgan fingerprint density at radius 1 is 0.738 bits per heavy atom. The van der Waals surface area contributed by atoms with E-state index in [-0.39, 0.29) is 24.3 Å². The Kier molecular flexibility index (Phi) is 19.9. The van der Waals surface area contributed by atoms with Crippen molar-refractivity contribution in [2.45, 2.75) is 204 Å². The van der Waals surface area contributed by atoms with E-state index in [9.17, 15) is 25.2 Å². The molecular weight excluding hydrogens is 532 g/mol. The molecule has 7 nitrogen and oxygen atoms in total. The summed E-state index contributed by atoms with van der Waals surface area (Å²) >= 11 is 0. The molecule has 2 aliphatic heterocycles. The summed E-state index contributed by atoms with van der Waals surface area (Å²) in [4.78, 5) is 11.7. The van der Waals surface area contributed by atoms with Crippen LogP contribution >= 0.6 is 0 Å². The number of carbonyl (C=O) groups excluding carboxylic acids is 1. The summed E-state index contributed by atoms with van der Waals surface area (Å²) in [5.74, 6) is -0.291. The first kappa shape index (κ1) is 37.2. The molecule has 246 valence electrons. The van der Waals surface area contributed by atoms with Crippen LogP contribution in [0.1, 0.15) is 162 Å². The van der Waals surface area contributed by atoms with Gasteiger partial charge >= 0.3 is 5.97 Å². The molecule has 0 bridgehead atoms. The standard InChI is InChI=1S/C35H64O7/c1-3-4-5-6-7-8-12-15-20-31(37)32(38)21-16-17-22-33(39)34-24-23-30(42-34)19-14-11-9-10-13-18-29(36)26-28-25-27(2)41-35(28)40/h25,27,29-34,36-39H,3-24,26H2,1-2H3. The molecule has 0 radical (unpaired) electrons. The minimum absolute atomic E-state index is 0.0794. The summed E-state index contributed by atoms with van der Waals surface area (Å²) in [5, 5.41) is 41.4. The Hall–Kier alpha value is -0.990. The average Bonchev–Trinajstić information content (AvgIpc) is 3.56. The first-order valence-electron chi connectivity index (χ1n) is 17.6. The van der Waals surface area contributed by atoms with Crippen molar-refractivity contribution < 1.29 is 34.7 Å². The topological polar surface area (TPSA) is 116 Å².